The maximum Gasteiger partial charge on any atom is 0.264 e. The van der Waals surface area contributed by atoms with Gasteiger partial charge in [-0.3, -0.25) is 13.9 Å². The topological polar surface area (TPSA) is 86.8 Å². The minimum Gasteiger partial charge on any atom is -0.357 e. The number of hydrogen-bond donors (Lipinski definition) is 1. The number of likely N-dealkylation sites (N-methyl/N-ethyl adjacent to an activating group) is 1. The zero-order chi connectivity index (χ0) is 31.1. The molecule has 9 heteroatoms. The predicted molar refractivity (Wildman–Crippen MR) is 172 cm³/mol. The molecule has 4 aromatic rings. The van der Waals surface area contributed by atoms with E-state index in [-0.39, 0.29) is 23.8 Å². The molecule has 0 aliphatic rings. The number of nitrogens with zero attached hydrogens (tertiary/aromatic N) is 2. The van der Waals surface area contributed by atoms with Crippen molar-refractivity contribution in [1.82, 2.24) is 10.2 Å². The molecule has 0 saturated heterocycles. The molecule has 0 radical (unpaired) electrons. The summed E-state index contributed by atoms with van der Waals surface area (Å²) in [6.07, 6.45) is 0.253. The molecule has 0 aliphatic carbocycles. The maximum atomic E-state index is 14.4. The lowest BCUT2D eigenvalue weighted by molar-refractivity contribution is -0.139. The van der Waals surface area contributed by atoms with Gasteiger partial charge in [-0.2, -0.15) is 0 Å². The Morgan fingerprint density at radius 3 is 2.00 bits per heavy atom. The molecule has 0 aliphatic heterocycles. The molecule has 2 amide bonds. The fraction of sp³-hybridized carbons (Fsp3) is 0.235. The van der Waals surface area contributed by atoms with E-state index in [1.165, 1.54) is 24.1 Å². The lowest BCUT2D eigenvalue weighted by Crippen LogP contribution is -2.53. The molecule has 0 heterocycles. The molecular weight excluding hydrogens is 582 g/mol. The Labute approximate surface area is 259 Å². The summed E-state index contributed by atoms with van der Waals surface area (Å²) >= 11 is 6.21. The van der Waals surface area contributed by atoms with E-state index in [0.29, 0.717) is 16.3 Å². The van der Waals surface area contributed by atoms with E-state index >= 15 is 0 Å². The number of nitrogens with one attached hydrogen (secondary N) is 1. The van der Waals surface area contributed by atoms with Gasteiger partial charge >= 0.3 is 0 Å². The zero-order valence-electron chi connectivity index (χ0n) is 24.7. The van der Waals surface area contributed by atoms with Crippen LogP contribution in [-0.4, -0.2) is 44.8 Å². The van der Waals surface area contributed by atoms with E-state index < -0.39 is 28.5 Å². The van der Waals surface area contributed by atoms with E-state index in [9.17, 15) is 18.0 Å². The van der Waals surface area contributed by atoms with Crippen molar-refractivity contribution in [2.75, 3.05) is 17.9 Å². The summed E-state index contributed by atoms with van der Waals surface area (Å²) < 4.78 is 29.4. The third-order valence-corrected chi connectivity index (χ3v) is 9.32. The van der Waals surface area contributed by atoms with Crippen LogP contribution in [0.2, 0.25) is 5.02 Å². The third-order valence-electron chi connectivity index (χ3n) is 7.31. The molecule has 0 aromatic heterocycles. The number of aryl methyl sites for hydroxylation is 3. The second-order valence-electron chi connectivity index (χ2n) is 10.6. The van der Waals surface area contributed by atoms with Gasteiger partial charge in [0.2, 0.25) is 11.8 Å². The second kappa shape index (κ2) is 13.9. The van der Waals surface area contributed by atoms with Gasteiger partial charge in [0.15, 0.2) is 0 Å². The molecule has 1 atom stereocenters. The highest BCUT2D eigenvalue weighted by Gasteiger charge is 2.34. The first-order valence-corrected chi connectivity index (χ1v) is 15.8. The van der Waals surface area contributed by atoms with Gasteiger partial charge in [0.05, 0.1) is 10.6 Å². The van der Waals surface area contributed by atoms with Crippen LogP contribution in [0.25, 0.3) is 0 Å². The van der Waals surface area contributed by atoms with Crippen molar-refractivity contribution in [2.24, 2.45) is 0 Å². The van der Waals surface area contributed by atoms with Crippen LogP contribution in [0.3, 0.4) is 0 Å². The van der Waals surface area contributed by atoms with Crippen LogP contribution in [0.15, 0.2) is 102 Å². The molecule has 224 valence electrons. The number of halogens is 1. The summed E-state index contributed by atoms with van der Waals surface area (Å²) in [6.45, 7) is 5.18. The highest BCUT2D eigenvalue weighted by Crippen LogP contribution is 2.30. The van der Waals surface area contributed by atoms with Crippen LogP contribution in [0, 0.1) is 20.8 Å². The summed E-state index contributed by atoms with van der Waals surface area (Å²) in [7, 11) is -2.65. The SMILES string of the molecule is CNC(=O)C(Cc1ccccc1)N(Cc1ccc(C)cc1)C(=O)CN(c1ccc(Cl)cc1C)S(=O)(=O)c1ccc(C)cc1. The number of anilines is 1. The van der Waals surface area contributed by atoms with Gasteiger partial charge in [-0.15, -0.1) is 0 Å². The third kappa shape index (κ3) is 7.83. The minimum absolute atomic E-state index is 0.0532. The van der Waals surface area contributed by atoms with Crippen LogP contribution in [0.1, 0.15) is 27.8 Å². The van der Waals surface area contributed by atoms with E-state index in [0.717, 1.165) is 26.6 Å². The summed E-state index contributed by atoms with van der Waals surface area (Å²) in [5, 5.41) is 3.15. The molecule has 1 N–H and O–H groups in total. The Morgan fingerprint density at radius 2 is 1.42 bits per heavy atom. The second-order valence-corrected chi connectivity index (χ2v) is 12.9. The van der Waals surface area contributed by atoms with Crippen LogP contribution in [-0.2, 0) is 32.6 Å². The lowest BCUT2D eigenvalue weighted by Gasteiger charge is -2.34. The molecule has 1 unspecified atom stereocenters. The molecule has 0 bridgehead atoms. The van der Waals surface area contributed by atoms with Gasteiger partial charge in [0.25, 0.3) is 10.0 Å². The predicted octanol–water partition coefficient (Wildman–Crippen LogP) is 5.85. The smallest absolute Gasteiger partial charge is 0.264 e. The van der Waals surface area contributed by atoms with E-state index in [1.54, 1.807) is 37.3 Å². The van der Waals surface area contributed by atoms with Crippen molar-refractivity contribution in [3.05, 3.63) is 130 Å². The average Bonchev–Trinajstić information content (AvgIpc) is 2.99. The molecule has 4 rings (SSSR count). The molecular formula is C34H36ClN3O4S. The van der Waals surface area contributed by atoms with Gasteiger partial charge in [-0.1, -0.05) is 89.5 Å². The molecule has 0 saturated carbocycles. The summed E-state index contributed by atoms with van der Waals surface area (Å²) in [4.78, 5) is 29.3. The van der Waals surface area contributed by atoms with E-state index in [4.69, 9.17) is 11.6 Å². The van der Waals surface area contributed by atoms with Crippen molar-refractivity contribution in [1.29, 1.82) is 0 Å². The molecule has 0 fully saturated rings. The van der Waals surface area contributed by atoms with Gasteiger partial charge in [0, 0.05) is 25.0 Å². The number of amides is 2. The number of hydrogen-bond acceptors (Lipinski definition) is 4. The number of rotatable bonds is 11. The Kier molecular flexibility index (Phi) is 10.3. The van der Waals surface area contributed by atoms with Crippen LogP contribution < -0.4 is 9.62 Å². The first-order valence-electron chi connectivity index (χ1n) is 14.0. The lowest BCUT2D eigenvalue weighted by atomic mass is 10.0. The fourth-order valence-corrected chi connectivity index (χ4v) is 6.57. The summed E-state index contributed by atoms with van der Waals surface area (Å²) in [6, 6.07) is 27.6. The molecule has 0 spiro atoms. The van der Waals surface area contributed by atoms with E-state index in [1.807, 2.05) is 68.4 Å². The first-order chi connectivity index (χ1) is 20.5. The van der Waals surface area contributed by atoms with Crippen LogP contribution in [0.4, 0.5) is 5.69 Å². The van der Waals surface area contributed by atoms with Gasteiger partial charge in [-0.05, 0) is 67.8 Å². The number of carbonyl (C=O) groups is 2. The Bertz CT molecular complexity index is 1680. The molecule has 7 nitrogen and oxygen atoms in total. The number of benzene rings is 4. The molecule has 43 heavy (non-hydrogen) atoms. The quantitative estimate of drug-likeness (QED) is 0.229. The number of carbonyl (C=O) groups excluding carboxylic acids is 2. The van der Waals surface area contributed by atoms with Gasteiger partial charge in [0.1, 0.15) is 12.6 Å². The van der Waals surface area contributed by atoms with E-state index in [2.05, 4.69) is 5.32 Å². The van der Waals surface area contributed by atoms with Crippen molar-refractivity contribution in [3.8, 4) is 0 Å². The average molecular weight is 618 g/mol. The van der Waals surface area contributed by atoms with Crippen molar-refractivity contribution in [3.63, 3.8) is 0 Å². The Balaban J connectivity index is 1.81. The highest BCUT2D eigenvalue weighted by molar-refractivity contribution is 7.92. The maximum absolute atomic E-state index is 14.4. The number of sulfonamides is 1. The normalized spacial score (nSPS) is 11.9. The molecule has 4 aromatic carbocycles. The largest absolute Gasteiger partial charge is 0.357 e. The first kappa shape index (κ1) is 31.8. The van der Waals surface area contributed by atoms with Crippen LogP contribution in [0.5, 0.6) is 0 Å². The van der Waals surface area contributed by atoms with Crippen LogP contribution >= 0.6 is 11.6 Å². The van der Waals surface area contributed by atoms with Crippen molar-refractivity contribution >= 4 is 39.1 Å². The van der Waals surface area contributed by atoms with Crippen molar-refractivity contribution < 1.29 is 18.0 Å². The highest BCUT2D eigenvalue weighted by atomic mass is 35.5. The fourth-order valence-electron chi connectivity index (χ4n) is 4.86. The van der Waals surface area contributed by atoms with Crippen molar-refractivity contribution in [2.45, 2.75) is 44.7 Å². The Hall–Kier alpha value is -4.14. The monoisotopic (exact) mass is 617 g/mol. The van der Waals surface area contributed by atoms with Gasteiger partial charge in [-0.25, -0.2) is 8.42 Å². The zero-order valence-corrected chi connectivity index (χ0v) is 26.3. The minimum atomic E-state index is -4.18. The summed E-state index contributed by atoms with van der Waals surface area (Å²) in [5.41, 5.74) is 4.57. The Morgan fingerprint density at radius 1 is 0.814 bits per heavy atom. The standard InChI is InChI=1S/C34H36ClN3O4S/c1-24-10-14-28(15-11-24)22-37(32(34(40)36-4)21-27-8-6-5-7-9-27)33(39)23-38(31-19-16-29(35)20-26(31)3)43(41,42)30-17-12-25(2)13-18-30/h5-20,32H,21-23H2,1-4H3,(H,36,40). The summed E-state index contributed by atoms with van der Waals surface area (Å²) in [5.74, 6) is -0.866. The van der Waals surface area contributed by atoms with Gasteiger partial charge < -0.3 is 10.2 Å².